The topological polar surface area (TPSA) is 49.7 Å². The van der Waals surface area contributed by atoms with Gasteiger partial charge < -0.3 is 14.9 Å². The predicted molar refractivity (Wildman–Crippen MR) is 63.5 cm³/mol. The first-order chi connectivity index (χ1) is 8.15. The quantitative estimate of drug-likeness (QED) is 0.722. The minimum Gasteiger partial charge on any atom is -0.493 e. The summed E-state index contributed by atoms with van der Waals surface area (Å²) >= 11 is 0. The number of hydrogen-bond acceptors (Lipinski definition) is 3. The minimum atomic E-state index is -0.678. The second-order valence-corrected chi connectivity index (χ2v) is 3.99. The summed E-state index contributed by atoms with van der Waals surface area (Å²) in [6.45, 7) is 2.26. The standard InChI is InChI=1S/C13H19FO3/c1-10(16)12-6-5-11(14)9-13(12)17-8-4-2-3-7-15/h5-6,9-10,15-16H,2-4,7-8H2,1H3. The summed E-state index contributed by atoms with van der Waals surface area (Å²) in [5.41, 5.74) is 0.591. The molecule has 0 aliphatic heterocycles. The largest absolute Gasteiger partial charge is 0.493 e. The third kappa shape index (κ3) is 4.71. The van der Waals surface area contributed by atoms with Gasteiger partial charge in [-0.2, -0.15) is 0 Å². The third-order valence-electron chi connectivity index (χ3n) is 2.49. The monoisotopic (exact) mass is 242 g/mol. The van der Waals surface area contributed by atoms with Gasteiger partial charge >= 0.3 is 0 Å². The third-order valence-corrected chi connectivity index (χ3v) is 2.49. The highest BCUT2D eigenvalue weighted by Crippen LogP contribution is 2.26. The van der Waals surface area contributed by atoms with Gasteiger partial charge in [0.25, 0.3) is 0 Å². The molecule has 0 aliphatic carbocycles. The molecule has 96 valence electrons. The number of ether oxygens (including phenoxy) is 1. The maximum atomic E-state index is 13.0. The van der Waals surface area contributed by atoms with Gasteiger partial charge in [0.05, 0.1) is 12.7 Å². The Labute approximate surface area is 101 Å². The van der Waals surface area contributed by atoms with Crippen LogP contribution in [0.25, 0.3) is 0 Å². The van der Waals surface area contributed by atoms with Crippen molar-refractivity contribution in [2.75, 3.05) is 13.2 Å². The molecule has 1 atom stereocenters. The van der Waals surface area contributed by atoms with Gasteiger partial charge in [-0.05, 0) is 38.3 Å². The highest BCUT2D eigenvalue weighted by Gasteiger charge is 2.10. The SMILES string of the molecule is CC(O)c1ccc(F)cc1OCCCCCO. The lowest BCUT2D eigenvalue weighted by Gasteiger charge is -2.13. The molecule has 0 aromatic heterocycles. The lowest BCUT2D eigenvalue weighted by Crippen LogP contribution is -2.03. The van der Waals surface area contributed by atoms with Gasteiger partial charge in [0.2, 0.25) is 0 Å². The summed E-state index contributed by atoms with van der Waals surface area (Å²) in [5, 5.41) is 18.1. The number of halogens is 1. The zero-order chi connectivity index (χ0) is 12.7. The van der Waals surface area contributed by atoms with Crippen molar-refractivity contribution in [1.29, 1.82) is 0 Å². The molecule has 17 heavy (non-hydrogen) atoms. The van der Waals surface area contributed by atoms with E-state index in [1.807, 2.05) is 0 Å². The molecule has 1 aromatic rings. The molecule has 1 aromatic carbocycles. The number of hydrogen-bond donors (Lipinski definition) is 2. The van der Waals surface area contributed by atoms with Gasteiger partial charge in [-0.15, -0.1) is 0 Å². The van der Waals surface area contributed by atoms with Gasteiger partial charge in [0, 0.05) is 18.2 Å². The molecule has 1 unspecified atom stereocenters. The van der Waals surface area contributed by atoms with Crippen molar-refractivity contribution in [3.63, 3.8) is 0 Å². The van der Waals surface area contributed by atoms with Crippen LogP contribution in [-0.4, -0.2) is 23.4 Å². The molecule has 0 fully saturated rings. The van der Waals surface area contributed by atoms with Crippen LogP contribution in [0.2, 0.25) is 0 Å². The van der Waals surface area contributed by atoms with E-state index in [2.05, 4.69) is 0 Å². The van der Waals surface area contributed by atoms with Crippen molar-refractivity contribution in [2.45, 2.75) is 32.3 Å². The zero-order valence-electron chi connectivity index (χ0n) is 10.0. The second kappa shape index (κ2) is 7.25. The number of aliphatic hydroxyl groups is 2. The number of aliphatic hydroxyl groups excluding tert-OH is 2. The van der Waals surface area contributed by atoms with E-state index in [1.54, 1.807) is 6.92 Å². The summed E-state index contributed by atoms with van der Waals surface area (Å²) in [6.07, 6.45) is 1.74. The molecule has 2 N–H and O–H groups in total. The van der Waals surface area contributed by atoms with E-state index in [0.29, 0.717) is 17.9 Å². The lowest BCUT2D eigenvalue weighted by molar-refractivity contribution is 0.190. The Morgan fingerprint density at radius 2 is 2.06 bits per heavy atom. The van der Waals surface area contributed by atoms with Crippen LogP contribution >= 0.6 is 0 Å². The smallest absolute Gasteiger partial charge is 0.127 e. The number of rotatable bonds is 7. The molecule has 0 heterocycles. The van der Waals surface area contributed by atoms with Crippen LogP contribution in [0.4, 0.5) is 4.39 Å². The first-order valence-electron chi connectivity index (χ1n) is 5.86. The van der Waals surface area contributed by atoms with E-state index in [-0.39, 0.29) is 12.4 Å². The molecule has 0 saturated carbocycles. The first kappa shape index (κ1) is 13.9. The van der Waals surface area contributed by atoms with Gasteiger partial charge in [-0.3, -0.25) is 0 Å². The van der Waals surface area contributed by atoms with Crippen molar-refractivity contribution in [1.82, 2.24) is 0 Å². The van der Waals surface area contributed by atoms with Crippen LogP contribution in [0.5, 0.6) is 5.75 Å². The molecule has 0 spiro atoms. The molecule has 1 rings (SSSR count). The van der Waals surface area contributed by atoms with E-state index < -0.39 is 6.10 Å². The van der Waals surface area contributed by atoms with Crippen LogP contribution in [0.1, 0.15) is 37.9 Å². The average molecular weight is 242 g/mol. The Balaban J connectivity index is 2.53. The molecule has 0 bridgehead atoms. The summed E-state index contributed by atoms with van der Waals surface area (Å²) in [7, 11) is 0. The molecule has 0 aliphatic rings. The van der Waals surface area contributed by atoms with E-state index in [1.165, 1.54) is 18.2 Å². The van der Waals surface area contributed by atoms with Crippen molar-refractivity contribution < 1.29 is 19.3 Å². The van der Waals surface area contributed by atoms with Crippen LogP contribution < -0.4 is 4.74 Å². The molecule has 3 nitrogen and oxygen atoms in total. The van der Waals surface area contributed by atoms with Gasteiger partial charge in [-0.1, -0.05) is 0 Å². The fourth-order valence-corrected chi connectivity index (χ4v) is 1.55. The van der Waals surface area contributed by atoms with E-state index >= 15 is 0 Å². The fraction of sp³-hybridized carbons (Fsp3) is 0.538. The number of unbranched alkanes of at least 4 members (excludes halogenated alkanes) is 2. The first-order valence-corrected chi connectivity index (χ1v) is 5.86. The van der Waals surface area contributed by atoms with Crippen LogP contribution in [0.3, 0.4) is 0 Å². The Hall–Kier alpha value is -1.13. The van der Waals surface area contributed by atoms with Crippen LogP contribution in [0, 0.1) is 5.82 Å². The van der Waals surface area contributed by atoms with Crippen LogP contribution in [0.15, 0.2) is 18.2 Å². The van der Waals surface area contributed by atoms with Crippen molar-refractivity contribution in [2.24, 2.45) is 0 Å². The molecular formula is C13H19FO3. The van der Waals surface area contributed by atoms with Gasteiger partial charge in [0.1, 0.15) is 11.6 Å². The Morgan fingerprint density at radius 3 is 2.71 bits per heavy atom. The number of benzene rings is 1. The maximum absolute atomic E-state index is 13.0. The summed E-state index contributed by atoms with van der Waals surface area (Å²) in [4.78, 5) is 0. The molecular weight excluding hydrogens is 223 g/mol. The van der Waals surface area contributed by atoms with Crippen molar-refractivity contribution >= 4 is 0 Å². The van der Waals surface area contributed by atoms with Gasteiger partial charge in [-0.25, -0.2) is 4.39 Å². The fourth-order valence-electron chi connectivity index (χ4n) is 1.55. The second-order valence-electron chi connectivity index (χ2n) is 3.99. The Kier molecular flexibility index (Phi) is 5.94. The lowest BCUT2D eigenvalue weighted by atomic mass is 10.1. The Bertz CT molecular complexity index is 339. The molecule has 0 saturated heterocycles. The average Bonchev–Trinajstić information content (AvgIpc) is 2.28. The van der Waals surface area contributed by atoms with E-state index in [4.69, 9.17) is 9.84 Å². The molecule has 4 heteroatoms. The Morgan fingerprint density at radius 1 is 1.29 bits per heavy atom. The normalized spacial score (nSPS) is 12.5. The highest BCUT2D eigenvalue weighted by atomic mass is 19.1. The van der Waals surface area contributed by atoms with Crippen LogP contribution in [-0.2, 0) is 0 Å². The summed E-state index contributed by atoms with van der Waals surface area (Å²) in [6, 6.07) is 4.12. The van der Waals surface area contributed by atoms with Crippen molar-refractivity contribution in [3.05, 3.63) is 29.6 Å². The zero-order valence-corrected chi connectivity index (χ0v) is 10.0. The van der Waals surface area contributed by atoms with E-state index in [9.17, 15) is 9.50 Å². The maximum Gasteiger partial charge on any atom is 0.127 e. The predicted octanol–water partition coefficient (Wildman–Crippen LogP) is 2.42. The van der Waals surface area contributed by atoms with Gasteiger partial charge in [0.15, 0.2) is 0 Å². The van der Waals surface area contributed by atoms with Crippen molar-refractivity contribution in [3.8, 4) is 5.75 Å². The molecule has 0 amide bonds. The summed E-state index contributed by atoms with van der Waals surface area (Å²) < 4.78 is 18.5. The summed E-state index contributed by atoms with van der Waals surface area (Å²) in [5.74, 6) is 0.0174. The highest BCUT2D eigenvalue weighted by molar-refractivity contribution is 5.35. The van der Waals surface area contributed by atoms with E-state index in [0.717, 1.165) is 19.3 Å². The minimum absolute atomic E-state index is 0.179. The molecule has 0 radical (unpaired) electrons.